The van der Waals surface area contributed by atoms with Gasteiger partial charge in [0.05, 0.1) is 29.1 Å². The van der Waals surface area contributed by atoms with Crippen molar-refractivity contribution in [3.63, 3.8) is 0 Å². The normalized spacial score (nSPS) is 15.3. The van der Waals surface area contributed by atoms with Gasteiger partial charge in [0.1, 0.15) is 0 Å². The van der Waals surface area contributed by atoms with Gasteiger partial charge in [0, 0.05) is 18.8 Å². The number of aliphatic imine (C=N–C) groups is 1. The number of amides is 1. The van der Waals surface area contributed by atoms with Gasteiger partial charge in [-0.25, -0.2) is 4.79 Å². The lowest BCUT2D eigenvalue weighted by Gasteiger charge is -2.08. The van der Waals surface area contributed by atoms with E-state index in [1.807, 2.05) is 55.5 Å². The summed E-state index contributed by atoms with van der Waals surface area (Å²) in [7, 11) is 1.69. The molecule has 0 bridgehead atoms. The SMILES string of the molecule is CCOC(=O)/C(C=Nc1ccc(C)cc1)=C1/C(=O)N(C)c2ccccc21. The highest BCUT2D eigenvalue weighted by Gasteiger charge is 2.33. The molecular formula is C21H20N2O3. The van der Waals surface area contributed by atoms with Gasteiger partial charge < -0.3 is 9.64 Å². The van der Waals surface area contributed by atoms with Gasteiger partial charge in [-0.3, -0.25) is 9.79 Å². The lowest BCUT2D eigenvalue weighted by molar-refractivity contribution is -0.137. The Morgan fingerprint density at radius 1 is 1.15 bits per heavy atom. The van der Waals surface area contributed by atoms with Crippen molar-refractivity contribution < 1.29 is 14.3 Å². The molecule has 0 saturated heterocycles. The maximum atomic E-state index is 12.8. The van der Waals surface area contributed by atoms with E-state index in [1.54, 1.807) is 14.0 Å². The summed E-state index contributed by atoms with van der Waals surface area (Å²) in [6.45, 7) is 3.94. The molecule has 0 radical (unpaired) electrons. The number of hydrogen-bond acceptors (Lipinski definition) is 4. The summed E-state index contributed by atoms with van der Waals surface area (Å²) in [4.78, 5) is 31.2. The average molecular weight is 348 g/mol. The maximum absolute atomic E-state index is 12.8. The summed E-state index contributed by atoms with van der Waals surface area (Å²) >= 11 is 0. The molecule has 1 aliphatic heterocycles. The molecule has 0 unspecified atom stereocenters. The van der Waals surface area contributed by atoms with Gasteiger partial charge in [0.2, 0.25) is 0 Å². The monoisotopic (exact) mass is 348 g/mol. The number of likely N-dealkylation sites (N-methyl/N-ethyl adjacent to an activating group) is 1. The molecule has 5 nitrogen and oxygen atoms in total. The Morgan fingerprint density at radius 3 is 2.54 bits per heavy atom. The number of hydrogen-bond donors (Lipinski definition) is 0. The highest BCUT2D eigenvalue weighted by atomic mass is 16.5. The molecule has 0 spiro atoms. The molecule has 0 aliphatic carbocycles. The first-order chi connectivity index (χ1) is 12.5. The minimum Gasteiger partial charge on any atom is -0.462 e. The van der Waals surface area contributed by atoms with Gasteiger partial charge in [-0.05, 0) is 32.0 Å². The molecule has 1 amide bonds. The van der Waals surface area contributed by atoms with Crippen molar-refractivity contribution in [2.24, 2.45) is 4.99 Å². The second kappa shape index (κ2) is 7.35. The van der Waals surface area contributed by atoms with Crippen LogP contribution >= 0.6 is 0 Å². The third-order valence-electron chi connectivity index (χ3n) is 4.19. The second-order valence-electron chi connectivity index (χ2n) is 5.98. The summed E-state index contributed by atoms with van der Waals surface area (Å²) in [6.07, 6.45) is 1.42. The van der Waals surface area contributed by atoms with E-state index in [0.29, 0.717) is 16.8 Å². The van der Waals surface area contributed by atoms with Crippen molar-refractivity contribution in [1.29, 1.82) is 0 Å². The molecule has 2 aromatic carbocycles. The predicted octanol–water partition coefficient (Wildman–Crippen LogP) is 3.69. The Kier molecular flexibility index (Phi) is 4.98. The number of para-hydroxylation sites is 1. The molecule has 1 heterocycles. The van der Waals surface area contributed by atoms with Crippen LogP contribution in [0.25, 0.3) is 5.57 Å². The number of carbonyl (C=O) groups is 2. The van der Waals surface area contributed by atoms with E-state index < -0.39 is 5.97 Å². The van der Waals surface area contributed by atoms with Crippen LogP contribution in [-0.2, 0) is 14.3 Å². The van der Waals surface area contributed by atoms with Crippen LogP contribution in [0.4, 0.5) is 11.4 Å². The molecule has 2 aromatic rings. The van der Waals surface area contributed by atoms with E-state index in [0.717, 1.165) is 11.3 Å². The van der Waals surface area contributed by atoms with Crippen LogP contribution in [0.3, 0.4) is 0 Å². The molecule has 5 heteroatoms. The molecule has 132 valence electrons. The Bertz CT molecular complexity index is 911. The fourth-order valence-electron chi connectivity index (χ4n) is 2.83. The quantitative estimate of drug-likeness (QED) is 0.481. The average Bonchev–Trinajstić information content (AvgIpc) is 2.89. The predicted molar refractivity (Wildman–Crippen MR) is 103 cm³/mol. The van der Waals surface area contributed by atoms with Crippen LogP contribution in [0.15, 0.2) is 59.1 Å². The van der Waals surface area contributed by atoms with E-state index >= 15 is 0 Å². The van der Waals surface area contributed by atoms with Crippen molar-refractivity contribution in [3.05, 3.63) is 65.2 Å². The highest BCUT2D eigenvalue weighted by Crippen LogP contribution is 2.37. The van der Waals surface area contributed by atoms with Crippen molar-refractivity contribution in [2.75, 3.05) is 18.6 Å². The zero-order valence-corrected chi connectivity index (χ0v) is 15.0. The first-order valence-corrected chi connectivity index (χ1v) is 8.42. The number of ether oxygens (including phenoxy) is 1. The van der Waals surface area contributed by atoms with Crippen LogP contribution < -0.4 is 4.90 Å². The lowest BCUT2D eigenvalue weighted by Crippen LogP contribution is -2.22. The summed E-state index contributed by atoms with van der Waals surface area (Å²) in [5.41, 5.74) is 3.77. The summed E-state index contributed by atoms with van der Waals surface area (Å²) in [5.74, 6) is -0.804. The number of rotatable bonds is 4. The standard InChI is InChI=1S/C21H20N2O3/c1-4-26-21(25)17(13-22-15-11-9-14(2)10-12-15)19-16-7-5-6-8-18(16)23(3)20(19)24/h5-13H,4H2,1-3H3/b19-17+,22-13?. The van der Waals surface area contributed by atoms with E-state index in [9.17, 15) is 9.59 Å². The Morgan fingerprint density at radius 2 is 1.85 bits per heavy atom. The van der Waals surface area contributed by atoms with Crippen molar-refractivity contribution >= 4 is 35.0 Å². The number of fused-ring (bicyclic) bond motifs is 1. The molecule has 3 rings (SSSR count). The third kappa shape index (κ3) is 3.28. The lowest BCUT2D eigenvalue weighted by atomic mass is 10.0. The van der Waals surface area contributed by atoms with Gasteiger partial charge in [0.25, 0.3) is 5.91 Å². The largest absolute Gasteiger partial charge is 0.462 e. The van der Waals surface area contributed by atoms with Gasteiger partial charge in [-0.2, -0.15) is 0 Å². The number of carbonyl (C=O) groups excluding carboxylic acids is 2. The molecular weight excluding hydrogens is 328 g/mol. The number of nitrogens with zero attached hydrogens (tertiary/aromatic N) is 2. The minimum absolute atomic E-state index is 0.161. The smallest absolute Gasteiger partial charge is 0.340 e. The van der Waals surface area contributed by atoms with Crippen LogP contribution in [0.2, 0.25) is 0 Å². The summed E-state index contributed by atoms with van der Waals surface area (Å²) in [5, 5.41) is 0. The van der Waals surface area contributed by atoms with Crippen molar-refractivity contribution in [2.45, 2.75) is 13.8 Å². The zero-order valence-electron chi connectivity index (χ0n) is 15.0. The summed E-state index contributed by atoms with van der Waals surface area (Å²) in [6, 6.07) is 15.0. The van der Waals surface area contributed by atoms with E-state index in [1.165, 1.54) is 11.1 Å². The molecule has 0 aromatic heterocycles. The maximum Gasteiger partial charge on any atom is 0.340 e. The Hall–Kier alpha value is -3.21. The van der Waals surface area contributed by atoms with Gasteiger partial charge in [-0.15, -0.1) is 0 Å². The van der Waals surface area contributed by atoms with Crippen LogP contribution in [0, 0.1) is 6.92 Å². The van der Waals surface area contributed by atoms with Gasteiger partial charge >= 0.3 is 5.97 Å². The van der Waals surface area contributed by atoms with Crippen LogP contribution in [0.5, 0.6) is 0 Å². The fraction of sp³-hybridized carbons (Fsp3) is 0.190. The van der Waals surface area contributed by atoms with E-state index in [4.69, 9.17) is 4.74 Å². The van der Waals surface area contributed by atoms with E-state index in [2.05, 4.69) is 4.99 Å². The molecule has 26 heavy (non-hydrogen) atoms. The van der Waals surface area contributed by atoms with E-state index in [-0.39, 0.29) is 18.1 Å². The van der Waals surface area contributed by atoms with Crippen LogP contribution in [-0.4, -0.2) is 31.7 Å². The van der Waals surface area contributed by atoms with Gasteiger partial charge in [-0.1, -0.05) is 35.9 Å². The third-order valence-corrected chi connectivity index (χ3v) is 4.19. The molecule has 0 atom stereocenters. The molecule has 1 aliphatic rings. The first kappa shape index (κ1) is 17.6. The first-order valence-electron chi connectivity index (χ1n) is 8.42. The molecule has 0 saturated carbocycles. The van der Waals surface area contributed by atoms with Gasteiger partial charge in [0.15, 0.2) is 0 Å². The second-order valence-corrected chi connectivity index (χ2v) is 5.98. The Labute approximate surface area is 152 Å². The minimum atomic E-state index is -0.559. The fourth-order valence-corrected chi connectivity index (χ4v) is 2.83. The molecule has 0 fully saturated rings. The highest BCUT2D eigenvalue weighted by molar-refractivity contribution is 6.39. The topological polar surface area (TPSA) is 59.0 Å². The molecule has 0 N–H and O–H groups in total. The van der Waals surface area contributed by atoms with Crippen molar-refractivity contribution in [3.8, 4) is 0 Å². The van der Waals surface area contributed by atoms with Crippen LogP contribution in [0.1, 0.15) is 18.1 Å². The summed E-state index contributed by atoms with van der Waals surface area (Å²) < 4.78 is 5.16. The number of benzene rings is 2. The number of aryl methyl sites for hydroxylation is 1. The number of anilines is 1. The van der Waals surface area contributed by atoms with Crippen molar-refractivity contribution in [1.82, 2.24) is 0 Å². The Balaban J connectivity index is 2.12. The zero-order chi connectivity index (χ0) is 18.7. The number of esters is 1.